The van der Waals surface area contributed by atoms with Crippen molar-refractivity contribution in [2.24, 2.45) is 0 Å². The van der Waals surface area contributed by atoms with Gasteiger partial charge in [0.25, 0.3) is 0 Å². The molecule has 3 aromatic heterocycles. The molecule has 0 fully saturated rings. The fourth-order valence-electron chi connectivity index (χ4n) is 4.60. The summed E-state index contributed by atoms with van der Waals surface area (Å²) in [5.74, 6) is -0.0831. The van der Waals surface area contributed by atoms with E-state index in [-0.39, 0.29) is 117 Å². The molecule has 0 radical (unpaired) electrons. The van der Waals surface area contributed by atoms with E-state index in [1.165, 1.54) is 0 Å². The van der Waals surface area contributed by atoms with E-state index >= 15 is 0 Å². The van der Waals surface area contributed by atoms with Gasteiger partial charge in [-0.1, -0.05) is 55.5 Å². The number of imidazole rings is 1. The first-order valence-electron chi connectivity index (χ1n) is 13.2. The third-order valence-electron chi connectivity index (χ3n) is 6.58. The molecule has 5 aromatic rings. The van der Waals surface area contributed by atoms with Crippen LogP contribution >= 0.6 is 0 Å². The van der Waals surface area contributed by atoms with Crippen LogP contribution in [-0.2, 0) is 29.9 Å². The minimum Gasteiger partial charge on any atom is -1.00 e. The number of hydrogen-bond acceptors (Lipinski definition) is 10. The first kappa shape index (κ1) is 38.1. The fourth-order valence-corrected chi connectivity index (χ4v) is 4.60. The Morgan fingerprint density at radius 1 is 1.09 bits per heavy atom. The van der Waals surface area contributed by atoms with E-state index in [1.807, 2.05) is 55.5 Å². The van der Waals surface area contributed by atoms with Crippen LogP contribution < -0.4 is 64.9 Å². The van der Waals surface area contributed by atoms with Gasteiger partial charge in [-0.2, -0.15) is 5.21 Å². The minimum absolute atomic E-state index is 0. The molecular weight excluding hydrogens is 599 g/mol. The van der Waals surface area contributed by atoms with Crippen LogP contribution in [0, 0.1) is 6.92 Å². The molecule has 220 valence electrons. The van der Waals surface area contributed by atoms with Crippen LogP contribution in [-0.4, -0.2) is 64.3 Å². The molecule has 3 heterocycles. The van der Waals surface area contributed by atoms with Crippen LogP contribution in [0.15, 0.2) is 62.2 Å². The van der Waals surface area contributed by atoms with Gasteiger partial charge in [-0.05, 0) is 49.1 Å². The molecule has 0 aliphatic carbocycles. The number of nitrogens with one attached hydrogen (secondary N) is 1. The number of tetrazole rings is 1. The van der Waals surface area contributed by atoms with Crippen molar-refractivity contribution in [3.63, 3.8) is 0 Å². The Morgan fingerprint density at radius 3 is 2.34 bits per heavy atom. The number of aliphatic hydroxyl groups is 1. The van der Waals surface area contributed by atoms with Gasteiger partial charge in [-0.15, -0.1) is 10.2 Å². The van der Waals surface area contributed by atoms with Gasteiger partial charge in [0.2, 0.25) is 5.82 Å². The summed E-state index contributed by atoms with van der Waals surface area (Å²) >= 11 is 0. The van der Waals surface area contributed by atoms with E-state index in [9.17, 15) is 14.7 Å². The summed E-state index contributed by atoms with van der Waals surface area (Å²) in [5, 5.41) is 25.3. The predicted octanol–water partition coefficient (Wildman–Crippen LogP) is -1.75. The minimum atomic E-state index is -1.41. The number of carbonyl (C=O) groups excluding carboxylic acids is 1. The van der Waals surface area contributed by atoms with E-state index in [1.54, 1.807) is 25.3 Å². The van der Waals surface area contributed by atoms with Gasteiger partial charge in [-0.25, -0.2) is 14.6 Å². The quantitative estimate of drug-likeness (QED) is 0.133. The molecule has 0 aliphatic rings. The van der Waals surface area contributed by atoms with Crippen molar-refractivity contribution in [3.8, 4) is 22.5 Å². The van der Waals surface area contributed by atoms with Crippen molar-refractivity contribution in [2.45, 2.75) is 59.3 Å². The number of ether oxygens (including phenoxy) is 1. The van der Waals surface area contributed by atoms with Crippen LogP contribution in [0.2, 0.25) is 0 Å². The number of aromatic nitrogens is 6. The molecule has 0 aliphatic heterocycles. The molecule has 0 amide bonds. The Labute approximate surface area is 320 Å². The van der Waals surface area contributed by atoms with Gasteiger partial charge < -0.3 is 29.0 Å². The predicted molar refractivity (Wildman–Crippen MR) is 157 cm³/mol. The second kappa shape index (κ2) is 16.5. The number of aryl methyl sites for hydroxylation is 2. The summed E-state index contributed by atoms with van der Waals surface area (Å²) in [4.78, 5) is 29.5. The SMILES string of the molecule is CCCc1nc(C(C)(C)O)c(C(=O)OCc2oc(=O)oc2C)n1Cc1ccc(-c2ccccc2-c2nn[nH]n2)cc1.[H-].[H-].[H-].[H-].[Mg+2].[Na+].[Na+]. The first-order chi connectivity index (χ1) is 19.7. The number of nitrogens with zero attached hydrogens (tertiary/aromatic N) is 5. The van der Waals surface area contributed by atoms with Crippen molar-refractivity contribution in [2.75, 3.05) is 0 Å². The molecule has 0 bridgehead atoms. The zero-order chi connectivity index (χ0) is 29.1. The number of H-pyrrole nitrogens is 1. The van der Waals surface area contributed by atoms with E-state index in [0.29, 0.717) is 24.6 Å². The van der Waals surface area contributed by atoms with Crippen molar-refractivity contribution in [1.82, 2.24) is 30.2 Å². The summed E-state index contributed by atoms with van der Waals surface area (Å²) in [5.41, 5.74) is 2.60. The van der Waals surface area contributed by atoms with E-state index < -0.39 is 17.4 Å². The van der Waals surface area contributed by atoms with Crippen LogP contribution in [0.4, 0.5) is 0 Å². The second-order valence-corrected chi connectivity index (χ2v) is 10.1. The average Bonchev–Trinajstić information content (AvgIpc) is 3.67. The molecule has 5 rings (SSSR count). The molecule has 2 N–H and O–H groups in total. The van der Waals surface area contributed by atoms with Crippen LogP contribution in [0.25, 0.3) is 22.5 Å². The third kappa shape index (κ3) is 8.59. The Hall–Kier alpha value is -2.07. The van der Waals surface area contributed by atoms with Crippen molar-refractivity contribution < 1.29 is 88.3 Å². The van der Waals surface area contributed by atoms with Crippen molar-refractivity contribution >= 4 is 29.0 Å². The topological polar surface area (TPSA) is 162 Å². The van der Waals surface area contributed by atoms with Crippen LogP contribution in [0.3, 0.4) is 0 Å². The van der Waals surface area contributed by atoms with Gasteiger partial charge in [0.05, 0.1) is 0 Å². The zero-order valence-corrected chi connectivity index (χ0v) is 31.3. The number of esters is 1. The fraction of sp³-hybridized carbons (Fsp3) is 0.310. The standard InChI is InChI=1S/C29H30N6O6.Mg.2Na.4H/c1-5-8-23-30-25(29(3,4)38)24(27(36)39-16-22-17(2)40-28(37)41-22)35(23)15-18-11-13-19(14-12-18)20-9-6-7-10-21(20)26-31-33-34-32-26;;;;;;;/h6-7,9-14,38H,5,8,15-16H2,1-4H3,(H,31,32,33,34);;;;;;;/q;+2;2*+1;4*-1. The summed E-state index contributed by atoms with van der Waals surface area (Å²) in [7, 11) is 0. The Balaban J connectivity index is -0.00000289. The summed E-state index contributed by atoms with van der Waals surface area (Å²) < 4.78 is 17.1. The number of benzene rings is 2. The number of aromatic amines is 1. The van der Waals surface area contributed by atoms with Crippen LogP contribution in [0.5, 0.6) is 0 Å². The number of carbonyl (C=O) groups is 1. The maximum Gasteiger partial charge on any atom is 2.00 e. The molecule has 0 saturated heterocycles. The van der Waals surface area contributed by atoms with Gasteiger partial charge >= 0.3 is 94.0 Å². The Morgan fingerprint density at radius 2 is 1.77 bits per heavy atom. The average molecular weight is 633 g/mol. The molecule has 2 aromatic carbocycles. The molecule has 0 atom stereocenters. The molecular formula is C29H34MgN6Na2O6. The summed E-state index contributed by atoms with van der Waals surface area (Å²) in [6.45, 7) is 6.72. The van der Waals surface area contributed by atoms with Gasteiger partial charge in [0.1, 0.15) is 17.1 Å². The second-order valence-electron chi connectivity index (χ2n) is 10.1. The largest absolute Gasteiger partial charge is 2.00 e. The summed E-state index contributed by atoms with van der Waals surface area (Å²) in [6.07, 6.45) is 1.37. The van der Waals surface area contributed by atoms with Gasteiger partial charge in [-0.3, -0.25) is 0 Å². The normalized spacial score (nSPS) is 10.8. The van der Waals surface area contributed by atoms with Crippen molar-refractivity contribution in [3.05, 3.63) is 93.4 Å². The van der Waals surface area contributed by atoms with Crippen LogP contribution in [0.1, 0.15) is 72.0 Å². The Kier molecular flexibility index (Phi) is 14.3. The van der Waals surface area contributed by atoms with Crippen molar-refractivity contribution in [1.29, 1.82) is 0 Å². The monoisotopic (exact) mass is 632 g/mol. The Bertz CT molecular complexity index is 1750. The molecule has 0 unspecified atom stereocenters. The number of rotatable bonds is 10. The maximum absolute atomic E-state index is 13.5. The zero-order valence-electron chi connectivity index (χ0n) is 29.9. The third-order valence-corrected chi connectivity index (χ3v) is 6.58. The molecule has 15 heteroatoms. The summed E-state index contributed by atoms with van der Waals surface area (Å²) in [6, 6.07) is 15.7. The molecule has 44 heavy (non-hydrogen) atoms. The molecule has 0 spiro atoms. The van der Waals surface area contributed by atoms with E-state index in [4.69, 9.17) is 13.6 Å². The van der Waals surface area contributed by atoms with Gasteiger partial charge in [0, 0.05) is 18.5 Å². The smallest absolute Gasteiger partial charge is 1.00 e. The first-order valence-corrected chi connectivity index (χ1v) is 13.2. The maximum atomic E-state index is 13.5. The number of hydrogen-bond donors (Lipinski definition) is 2. The van der Waals surface area contributed by atoms with E-state index in [0.717, 1.165) is 28.7 Å². The van der Waals surface area contributed by atoms with Gasteiger partial charge in [0.15, 0.2) is 23.8 Å². The van der Waals surface area contributed by atoms with E-state index in [2.05, 4.69) is 25.6 Å². The molecule has 0 saturated carbocycles. The molecule has 12 nitrogen and oxygen atoms in total.